The first kappa shape index (κ1) is 15.9. The molecule has 1 atom stereocenters. The van der Waals surface area contributed by atoms with Crippen LogP contribution in [0.25, 0.3) is 0 Å². The molecule has 0 aliphatic carbocycles. The van der Waals surface area contributed by atoms with Gasteiger partial charge >= 0.3 is 11.8 Å². The van der Waals surface area contributed by atoms with Gasteiger partial charge in [-0.05, 0) is 19.4 Å². The van der Waals surface area contributed by atoms with Gasteiger partial charge in [0, 0.05) is 26.6 Å². The number of nitrogens with zero attached hydrogens (tertiary/aromatic N) is 5. The lowest BCUT2D eigenvalue weighted by atomic mass is 9.99. The molecule has 124 valence electrons. The molecule has 1 aliphatic heterocycles. The molecular weight excluding hydrogens is 318 g/mol. The zero-order valence-corrected chi connectivity index (χ0v) is 13.9. The molecule has 2 aromatic rings. The number of aromatic nitrogens is 5. The largest absolute Gasteiger partial charge is 0.351 e. The molecule has 2 N–H and O–H groups in total. The molecule has 1 aliphatic rings. The summed E-state index contributed by atoms with van der Waals surface area (Å²) in [4.78, 5) is 15.4. The highest BCUT2D eigenvalue weighted by molar-refractivity contribution is 7.98. The third-order valence-electron chi connectivity index (χ3n) is 3.75. The smallest absolute Gasteiger partial charge is 0.315 e. The van der Waals surface area contributed by atoms with Gasteiger partial charge in [0.25, 0.3) is 0 Å². The number of thioether (sulfide) groups is 1. The van der Waals surface area contributed by atoms with E-state index in [4.69, 9.17) is 4.52 Å². The van der Waals surface area contributed by atoms with E-state index in [0.717, 1.165) is 36.9 Å². The van der Waals surface area contributed by atoms with Crippen LogP contribution in [0, 0.1) is 0 Å². The summed E-state index contributed by atoms with van der Waals surface area (Å²) in [5.74, 6) is 1.90. The van der Waals surface area contributed by atoms with Gasteiger partial charge in [-0.1, -0.05) is 16.9 Å². The fourth-order valence-electron chi connectivity index (χ4n) is 2.52. The van der Waals surface area contributed by atoms with Crippen LogP contribution in [0.4, 0.5) is 0 Å². The van der Waals surface area contributed by atoms with Crippen molar-refractivity contribution >= 4 is 17.7 Å². The molecule has 1 fully saturated rings. The van der Waals surface area contributed by atoms with Gasteiger partial charge in [-0.3, -0.25) is 4.79 Å². The van der Waals surface area contributed by atoms with Crippen LogP contribution in [0.2, 0.25) is 0 Å². The summed E-state index contributed by atoms with van der Waals surface area (Å²) < 4.78 is 6.91. The van der Waals surface area contributed by atoms with Crippen LogP contribution in [0.1, 0.15) is 41.1 Å². The van der Waals surface area contributed by atoms with E-state index in [1.807, 2.05) is 11.6 Å². The average Bonchev–Trinajstić information content (AvgIpc) is 3.20. The van der Waals surface area contributed by atoms with Gasteiger partial charge < -0.3 is 19.7 Å². The second kappa shape index (κ2) is 7.09. The summed E-state index contributed by atoms with van der Waals surface area (Å²) in [6.07, 6.45) is 2.29. The first-order valence-electron chi connectivity index (χ1n) is 7.46. The van der Waals surface area contributed by atoms with E-state index in [-0.39, 0.29) is 11.8 Å². The fourth-order valence-corrected chi connectivity index (χ4v) is 3.28. The van der Waals surface area contributed by atoms with Crippen molar-refractivity contribution in [3.8, 4) is 0 Å². The SMILES string of the molecule is CNC(=O)c1nc(CSc2nnc([C@H]3CCCNC3)n2C)no1. The first-order chi connectivity index (χ1) is 11.2. The van der Waals surface area contributed by atoms with Crippen molar-refractivity contribution in [2.24, 2.45) is 7.05 Å². The van der Waals surface area contributed by atoms with E-state index >= 15 is 0 Å². The predicted molar refractivity (Wildman–Crippen MR) is 83.1 cm³/mol. The molecule has 1 saturated heterocycles. The Hall–Kier alpha value is -1.94. The van der Waals surface area contributed by atoms with Crippen LogP contribution >= 0.6 is 11.8 Å². The third kappa shape index (κ3) is 3.53. The molecule has 0 radical (unpaired) electrons. The first-order valence-corrected chi connectivity index (χ1v) is 8.45. The number of hydrogen-bond acceptors (Lipinski definition) is 8. The Morgan fingerprint density at radius 3 is 3.13 bits per heavy atom. The molecule has 0 spiro atoms. The Morgan fingerprint density at radius 2 is 2.39 bits per heavy atom. The molecule has 3 rings (SSSR count). The maximum Gasteiger partial charge on any atom is 0.315 e. The zero-order chi connectivity index (χ0) is 16.2. The highest BCUT2D eigenvalue weighted by Crippen LogP contribution is 2.26. The van der Waals surface area contributed by atoms with E-state index in [1.165, 1.54) is 18.8 Å². The van der Waals surface area contributed by atoms with Crippen LogP contribution < -0.4 is 10.6 Å². The summed E-state index contributed by atoms with van der Waals surface area (Å²) in [7, 11) is 3.49. The summed E-state index contributed by atoms with van der Waals surface area (Å²) in [5, 5.41) is 19.0. The number of hydrogen-bond donors (Lipinski definition) is 2. The zero-order valence-electron chi connectivity index (χ0n) is 13.1. The van der Waals surface area contributed by atoms with E-state index in [9.17, 15) is 4.79 Å². The van der Waals surface area contributed by atoms with Gasteiger partial charge in [-0.15, -0.1) is 10.2 Å². The maximum absolute atomic E-state index is 11.4. The summed E-state index contributed by atoms with van der Waals surface area (Å²) in [6.45, 7) is 2.01. The Kier molecular flexibility index (Phi) is 4.91. The topological polar surface area (TPSA) is 111 Å². The quantitative estimate of drug-likeness (QED) is 0.750. The second-order valence-corrected chi connectivity index (χ2v) is 6.27. The monoisotopic (exact) mass is 337 g/mol. The number of carbonyl (C=O) groups is 1. The molecule has 23 heavy (non-hydrogen) atoms. The lowest BCUT2D eigenvalue weighted by molar-refractivity contribution is 0.0919. The van der Waals surface area contributed by atoms with Crippen molar-refractivity contribution in [3.63, 3.8) is 0 Å². The molecule has 0 unspecified atom stereocenters. The Morgan fingerprint density at radius 1 is 1.52 bits per heavy atom. The molecule has 9 nitrogen and oxygen atoms in total. The van der Waals surface area contributed by atoms with Crippen molar-refractivity contribution in [1.82, 2.24) is 35.5 Å². The second-order valence-electron chi connectivity index (χ2n) is 5.33. The molecule has 2 aromatic heterocycles. The van der Waals surface area contributed by atoms with Crippen molar-refractivity contribution in [3.05, 3.63) is 17.5 Å². The fraction of sp³-hybridized carbons (Fsp3) is 0.615. The minimum absolute atomic E-state index is 0.0324. The molecular formula is C13H19N7O2S. The summed E-state index contributed by atoms with van der Waals surface area (Å²) >= 11 is 1.47. The van der Waals surface area contributed by atoms with Crippen LogP contribution in [0.3, 0.4) is 0 Å². The van der Waals surface area contributed by atoms with Gasteiger partial charge in [-0.2, -0.15) is 4.98 Å². The highest BCUT2D eigenvalue weighted by atomic mass is 32.2. The molecule has 3 heterocycles. The van der Waals surface area contributed by atoms with Gasteiger partial charge in [0.15, 0.2) is 11.0 Å². The standard InChI is InChI=1S/C13H19N7O2S/c1-14-11(21)12-16-9(19-22-12)7-23-13-18-17-10(20(13)2)8-4-3-5-15-6-8/h8,15H,3-7H2,1-2H3,(H,14,21)/t8-/m0/s1. The van der Waals surface area contributed by atoms with E-state index in [0.29, 0.717) is 17.5 Å². The Bertz CT molecular complexity index is 678. The minimum atomic E-state index is -0.389. The van der Waals surface area contributed by atoms with E-state index in [1.54, 1.807) is 0 Å². The van der Waals surface area contributed by atoms with Crippen LogP contribution in [-0.2, 0) is 12.8 Å². The Balaban J connectivity index is 1.63. The molecule has 0 aromatic carbocycles. The van der Waals surface area contributed by atoms with Crippen molar-refractivity contribution in [1.29, 1.82) is 0 Å². The van der Waals surface area contributed by atoms with Crippen LogP contribution in [0.5, 0.6) is 0 Å². The van der Waals surface area contributed by atoms with Gasteiger partial charge in [0.2, 0.25) is 0 Å². The molecule has 10 heteroatoms. The number of carbonyl (C=O) groups excluding carboxylic acids is 1. The number of piperidine rings is 1. The average molecular weight is 337 g/mol. The normalized spacial score (nSPS) is 18.1. The third-order valence-corrected chi connectivity index (χ3v) is 4.77. The van der Waals surface area contributed by atoms with E-state index < -0.39 is 0 Å². The summed E-state index contributed by atoms with van der Waals surface area (Å²) in [5.41, 5.74) is 0. The number of amides is 1. The number of rotatable bonds is 5. The van der Waals surface area contributed by atoms with E-state index in [2.05, 4.69) is 31.0 Å². The van der Waals surface area contributed by atoms with Gasteiger partial charge in [-0.25, -0.2) is 0 Å². The lowest BCUT2D eigenvalue weighted by Gasteiger charge is -2.21. The summed E-state index contributed by atoms with van der Waals surface area (Å²) in [6, 6.07) is 0. The molecule has 0 saturated carbocycles. The van der Waals surface area contributed by atoms with Crippen LogP contribution in [-0.4, -0.2) is 50.9 Å². The van der Waals surface area contributed by atoms with Gasteiger partial charge in [0.1, 0.15) is 5.82 Å². The highest BCUT2D eigenvalue weighted by Gasteiger charge is 2.22. The van der Waals surface area contributed by atoms with Crippen molar-refractivity contribution in [2.75, 3.05) is 20.1 Å². The van der Waals surface area contributed by atoms with Crippen LogP contribution in [0.15, 0.2) is 9.68 Å². The lowest BCUT2D eigenvalue weighted by Crippen LogP contribution is -2.29. The Labute approximate surface area is 137 Å². The van der Waals surface area contributed by atoms with Gasteiger partial charge in [0.05, 0.1) is 5.75 Å². The van der Waals surface area contributed by atoms with Crippen molar-refractivity contribution < 1.29 is 9.32 Å². The predicted octanol–water partition coefficient (Wildman–Crippen LogP) is 0.317. The van der Waals surface area contributed by atoms with Crippen molar-refractivity contribution in [2.45, 2.75) is 29.7 Å². The minimum Gasteiger partial charge on any atom is -0.351 e. The molecule has 1 amide bonds. The maximum atomic E-state index is 11.4. The number of nitrogens with one attached hydrogen (secondary N) is 2. The molecule has 0 bridgehead atoms.